The Kier molecular flexibility index (Phi) is 4.79. The van der Waals surface area contributed by atoms with Crippen LogP contribution in [0.4, 0.5) is 4.79 Å². The van der Waals surface area contributed by atoms with Crippen molar-refractivity contribution in [2.24, 2.45) is 5.73 Å². The molecule has 19 heavy (non-hydrogen) atoms. The average Bonchev–Trinajstić information content (AvgIpc) is 2.73. The highest BCUT2D eigenvalue weighted by molar-refractivity contribution is 5.81. The van der Waals surface area contributed by atoms with Crippen LogP contribution in [-0.2, 0) is 9.53 Å². The standard InChI is InChI=1S/C13H25N3O3/c1-9(14)11(17)15(5)10-6-7-16(8-10)12(18)19-13(2,3)4/h9-10H,6-8,14H2,1-5H3/t9-,10?/m0/s1. The minimum absolute atomic E-state index is 0.0195. The van der Waals surface area contributed by atoms with E-state index in [1.807, 2.05) is 20.8 Å². The summed E-state index contributed by atoms with van der Waals surface area (Å²) >= 11 is 0. The molecule has 2 atom stereocenters. The molecule has 1 aliphatic rings. The van der Waals surface area contributed by atoms with Gasteiger partial charge in [-0.25, -0.2) is 4.79 Å². The minimum Gasteiger partial charge on any atom is -0.444 e. The number of likely N-dealkylation sites (N-methyl/N-ethyl adjacent to an activating group) is 1. The number of rotatable bonds is 2. The van der Waals surface area contributed by atoms with Gasteiger partial charge < -0.3 is 20.3 Å². The summed E-state index contributed by atoms with van der Waals surface area (Å²) in [5.41, 5.74) is 5.09. The number of hydrogen-bond acceptors (Lipinski definition) is 4. The summed E-state index contributed by atoms with van der Waals surface area (Å²) in [7, 11) is 1.73. The number of hydrogen-bond donors (Lipinski definition) is 1. The number of likely N-dealkylation sites (tertiary alicyclic amines) is 1. The van der Waals surface area contributed by atoms with Crippen molar-refractivity contribution in [2.75, 3.05) is 20.1 Å². The highest BCUT2D eigenvalue weighted by atomic mass is 16.6. The summed E-state index contributed by atoms with van der Waals surface area (Å²) in [5, 5.41) is 0. The normalized spacial score (nSPS) is 21.2. The molecule has 1 heterocycles. The zero-order chi connectivity index (χ0) is 14.8. The predicted octanol–water partition coefficient (Wildman–Crippen LogP) is 0.801. The second-order valence-corrected chi connectivity index (χ2v) is 6.11. The van der Waals surface area contributed by atoms with Crippen LogP contribution in [0.15, 0.2) is 0 Å². The van der Waals surface area contributed by atoms with Crippen molar-refractivity contribution < 1.29 is 14.3 Å². The topological polar surface area (TPSA) is 75.9 Å². The largest absolute Gasteiger partial charge is 0.444 e. The van der Waals surface area contributed by atoms with E-state index in [1.54, 1.807) is 23.8 Å². The summed E-state index contributed by atoms with van der Waals surface area (Å²) in [6.07, 6.45) is 0.436. The van der Waals surface area contributed by atoms with Crippen LogP contribution in [0.25, 0.3) is 0 Å². The summed E-state index contributed by atoms with van der Waals surface area (Å²) in [5.74, 6) is -0.101. The van der Waals surface area contributed by atoms with Crippen LogP contribution in [0.2, 0.25) is 0 Å². The molecule has 6 nitrogen and oxygen atoms in total. The zero-order valence-corrected chi connectivity index (χ0v) is 12.5. The van der Waals surface area contributed by atoms with Gasteiger partial charge >= 0.3 is 6.09 Å². The molecule has 0 aromatic rings. The first kappa shape index (κ1) is 15.8. The average molecular weight is 271 g/mol. The lowest BCUT2D eigenvalue weighted by atomic mass is 10.2. The molecule has 0 spiro atoms. The van der Waals surface area contributed by atoms with Crippen LogP contribution in [0.5, 0.6) is 0 Å². The van der Waals surface area contributed by atoms with Crippen molar-refractivity contribution in [3.63, 3.8) is 0 Å². The lowest BCUT2D eigenvalue weighted by Gasteiger charge is -2.27. The van der Waals surface area contributed by atoms with Crippen molar-refractivity contribution in [1.29, 1.82) is 0 Å². The first-order chi connectivity index (χ1) is 8.61. The van der Waals surface area contributed by atoms with E-state index >= 15 is 0 Å². The monoisotopic (exact) mass is 271 g/mol. The zero-order valence-electron chi connectivity index (χ0n) is 12.5. The third-order valence-electron chi connectivity index (χ3n) is 3.10. The van der Waals surface area contributed by atoms with Gasteiger partial charge in [-0.15, -0.1) is 0 Å². The Labute approximate surface area is 114 Å². The fourth-order valence-corrected chi connectivity index (χ4v) is 2.05. The van der Waals surface area contributed by atoms with Crippen LogP contribution >= 0.6 is 0 Å². The quantitative estimate of drug-likeness (QED) is 0.806. The molecule has 1 unspecified atom stereocenters. The number of nitrogens with zero attached hydrogens (tertiary/aromatic N) is 2. The van der Waals surface area contributed by atoms with Gasteiger partial charge in [-0.05, 0) is 34.1 Å². The van der Waals surface area contributed by atoms with Gasteiger partial charge in [0.25, 0.3) is 0 Å². The Morgan fingerprint density at radius 2 is 2.00 bits per heavy atom. The molecule has 0 aromatic carbocycles. The number of carbonyl (C=O) groups is 2. The molecule has 110 valence electrons. The number of ether oxygens (including phenoxy) is 1. The van der Waals surface area contributed by atoms with Crippen molar-refractivity contribution in [3.05, 3.63) is 0 Å². The molecule has 2 N–H and O–H groups in total. The third kappa shape index (κ3) is 4.38. The molecule has 0 aliphatic carbocycles. The Bertz CT molecular complexity index is 350. The molecule has 0 radical (unpaired) electrons. The van der Waals surface area contributed by atoms with Crippen LogP contribution in [0.1, 0.15) is 34.1 Å². The van der Waals surface area contributed by atoms with Gasteiger partial charge in [0.1, 0.15) is 5.60 Å². The smallest absolute Gasteiger partial charge is 0.410 e. The van der Waals surface area contributed by atoms with Crippen molar-refractivity contribution in [2.45, 2.75) is 51.8 Å². The molecule has 0 saturated carbocycles. The molecule has 2 amide bonds. The molecule has 1 aliphatic heterocycles. The van der Waals surface area contributed by atoms with E-state index in [-0.39, 0.29) is 18.0 Å². The number of carbonyl (C=O) groups excluding carboxylic acids is 2. The van der Waals surface area contributed by atoms with Gasteiger partial charge in [-0.1, -0.05) is 0 Å². The molecule has 6 heteroatoms. The van der Waals surface area contributed by atoms with E-state index < -0.39 is 11.6 Å². The van der Waals surface area contributed by atoms with E-state index in [4.69, 9.17) is 10.5 Å². The predicted molar refractivity (Wildman–Crippen MR) is 72.6 cm³/mol. The molecular weight excluding hydrogens is 246 g/mol. The Hall–Kier alpha value is -1.30. The SMILES string of the molecule is C[C@H](N)C(=O)N(C)C1CCN(C(=O)OC(C)(C)C)C1. The second kappa shape index (κ2) is 5.77. The summed E-state index contributed by atoms with van der Waals surface area (Å²) in [6.45, 7) is 8.29. The fraction of sp³-hybridized carbons (Fsp3) is 0.846. The molecule has 0 bridgehead atoms. The van der Waals surface area contributed by atoms with Crippen LogP contribution in [0, 0.1) is 0 Å². The van der Waals surface area contributed by atoms with E-state index in [2.05, 4.69) is 0 Å². The molecule has 1 fully saturated rings. The maximum atomic E-state index is 11.9. The van der Waals surface area contributed by atoms with Gasteiger partial charge in [0, 0.05) is 20.1 Å². The molecule has 0 aromatic heterocycles. The van der Waals surface area contributed by atoms with Crippen LogP contribution < -0.4 is 5.73 Å². The lowest BCUT2D eigenvalue weighted by Crippen LogP contribution is -2.46. The number of amides is 2. The van der Waals surface area contributed by atoms with Gasteiger partial charge in [-0.3, -0.25) is 4.79 Å². The highest BCUT2D eigenvalue weighted by Crippen LogP contribution is 2.18. The summed E-state index contributed by atoms with van der Waals surface area (Å²) in [6, 6.07) is -0.494. The maximum Gasteiger partial charge on any atom is 0.410 e. The Balaban J connectivity index is 2.54. The van der Waals surface area contributed by atoms with E-state index in [0.29, 0.717) is 13.1 Å². The fourth-order valence-electron chi connectivity index (χ4n) is 2.05. The molecule has 1 saturated heterocycles. The summed E-state index contributed by atoms with van der Waals surface area (Å²) in [4.78, 5) is 27.0. The molecule has 1 rings (SSSR count). The van der Waals surface area contributed by atoms with Crippen LogP contribution in [0.3, 0.4) is 0 Å². The van der Waals surface area contributed by atoms with E-state index in [9.17, 15) is 9.59 Å². The number of nitrogens with two attached hydrogens (primary N) is 1. The van der Waals surface area contributed by atoms with E-state index in [0.717, 1.165) is 6.42 Å². The van der Waals surface area contributed by atoms with Gasteiger partial charge in [0.15, 0.2) is 0 Å². The van der Waals surface area contributed by atoms with Crippen LogP contribution in [-0.4, -0.2) is 59.6 Å². The Morgan fingerprint density at radius 1 is 1.42 bits per heavy atom. The second-order valence-electron chi connectivity index (χ2n) is 6.11. The minimum atomic E-state index is -0.513. The van der Waals surface area contributed by atoms with Crippen molar-refractivity contribution in [3.8, 4) is 0 Å². The maximum absolute atomic E-state index is 11.9. The first-order valence-corrected chi connectivity index (χ1v) is 6.62. The first-order valence-electron chi connectivity index (χ1n) is 6.62. The van der Waals surface area contributed by atoms with Crippen molar-refractivity contribution >= 4 is 12.0 Å². The van der Waals surface area contributed by atoms with Gasteiger partial charge in [0.2, 0.25) is 5.91 Å². The highest BCUT2D eigenvalue weighted by Gasteiger charge is 2.33. The lowest BCUT2D eigenvalue weighted by molar-refractivity contribution is -0.132. The van der Waals surface area contributed by atoms with E-state index in [1.165, 1.54) is 0 Å². The Morgan fingerprint density at radius 3 is 2.47 bits per heavy atom. The van der Waals surface area contributed by atoms with Gasteiger partial charge in [0.05, 0.1) is 12.1 Å². The third-order valence-corrected chi connectivity index (χ3v) is 3.10. The molecular formula is C13H25N3O3. The summed E-state index contributed by atoms with van der Waals surface area (Å²) < 4.78 is 5.32. The van der Waals surface area contributed by atoms with Crippen molar-refractivity contribution in [1.82, 2.24) is 9.80 Å². The van der Waals surface area contributed by atoms with Gasteiger partial charge in [-0.2, -0.15) is 0 Å².